The molecule has 3 heterocycles. The number of aryl methyl sites for hydroxylation is 1. The van der Waals surface area contributed by atoms with Gasteiger partial charge in [-0.05, 0) is 80.5 Å². The number of anilines is 1. The Morgan fingerprint density at radius 3 is 2.24 bits per heavy atom. The number of nitrogens with zero attached hydrogens (tertiary/aromatic N) is 5. The highest BCUT2D eigenvalue weighted by atomic mass is 16.2. The van der Waals surface area contributed by atoms with Crippen molar-refractivity contribution in [2.75, 3.05) is 18.9 Å². The number of likely N-dealkylation sites (N-methyl/N-ethyl adjacent to an activating group) is 1. The van der Waals surface area contributed by atoms with Gasteiger partial charge in [-0.3, -0.25) is 9.59 Å². The highest BCUT2D eigenvalue weighted by molar-refractivity contribution is 6.03. The first kappa shape index (κ1) is 27.1. The lowest BCUT2D eigenvalue weighted by molar-refractivity contribution is 0.0977. The van der Waals surface area contributed by atoms with E-state index in [2.05, 4.69) is 41.3 Å². The molecule has 0 radical (unpaired) electrons. The normalized spacial score (nSPS) is 15.0. The van der Waals surface area contributed by atoms with Gasteiger partial charge in [-0.2, -0.15) is 0 Å². The fourth-order valence-corrected chi connectivity index (χ4v) is 6.46. The molecule has 0 spiro atoms. The van der Waals surface area contributed by atoms with Gasteiger partial charge in [-0.25, -0.2) is 9.97 Å². The molecule has 0 atom stereocenters. The van der Waals surface area contributed by atoms with E-state index in [9.17, 15) is 9.59 Å². The van der Waals surface area contributed by atoms with Gasteiger partial charge in [0.05, 0.1) is 11.4 Å². The van der Waals surface area contributed by atoms with Crippen LogP contribution in [0.5, 0.6) is 0 Å². The van der Waals surface area contributed by atoms with E-state index in [-0.39, 0.29) is 11.7 Å². The van der Waals surface area contributed by atoms with Gasteiger partial charge in [0.15, 0.2) is 11.6 Å². The standard InChI is InChI=1S/C33H38N6O2/c1-20-22(18-30(40)31-35-27-19-37(3)17-16-29(27)38(31)4)10-8-11-23(20)24-12-9-14-25(21(24)2)36-33(41)32-34-26-13-6-7-15-28(26)39(32)5/h8-12,14H,6-7,13,15-19H2,1-5H3,(H,36,41). The lowest BCUT2D eigenvalue weighted by Crippen LogP contribution is -2.27. The largest absolute Gasteiger partial charge is 0.328 e. The number of rotatable bonds is 6. The van der Waals surface area contributed by atoms with Crippen LogP contribution < -0.4 is 5.32 Å². The zero-order chi connectivity index (χ0) is 28.8. The first-order chi connectivity index (χ1) is 19.7. The summed E-state index contributed by atoms with van der Waals surface area (Å²) in [5, 5.41) is 3.12. The van der Waals surface area contributed by atoms with Crippen LogP contribution in [-0.4, -0.2) is 49.3 Å². The zero-order valence-corrected chi connectivity index (χ0v) is 24.7. The van der Waals surface area contributed by atoms with E-state index >= 15 is 0 Å². The summed E-state index contributed by atoms with van der Waals surface area (Å²) in [5.41, 5.74) is 10.3. The molecule has 0 saturated heterocycles. The number of fused-ring (bicyclic) bond motifs is 2. The minimum absolute atomic E-state index is 0.0281. The Kier molecular flexibility index (Phi) is 7.11. The van der Waals surface area contributed by atoms with Crippen LogP contribution >= 0.6 is 0 Å². The zero-order valence-electron chi connectivity index (χ0n) is 24.7. The molecule has 0 fully saturated rings. The Labute approximate surface area is 241 Å². The maximum atomic E-state index is 13.5. The Balaban J connectivity index is 1.25. The van der Waals surface area contributed by atoms with Crippen LogP contribution in [0.15, 0.2) is 36.4 Å². The van der Waals surface area contributed by atoms with E-state index in [4.69, 9.17) is 4.98 Å². The molecule has 1 aliphatic carbocycles. The number of hydrogen-bond donors (Lipinski definition) is 1. The maximum absolute atomic E-state index is 13.5. The molecular formula is C33H38N6O2. The van der Waals surface area contributed by atoms with Gasteiger partial charge in [-0.15, -0.1) is 0 Å². The van der Waals surface area contributed by atoms with Gasteiger partial charge in [0.2, 0.25) is 5.78 Å². The summed E-state index contributed by atoms with van der Waals surface area (Å²) in [6.07, 6.45) is 5.36. The third kappa shape index (κ3) is 4.90. The molecular weight excluding hydrogens is 512 g/mol. The van der Waals surface area contributed by atoms with Crippen molar-refractivity contribution in [3.63, 3.8) is 0 Å². The molecule has 1 amide bonds. The molecule has 1 aliphatic heterocycles. The second-order valence-corrected chi connectivity index (χ2v) is 11.6. The maximum Gasteiger partial charge on any atom is 0.291 e. The minimum atomic E-state index is -0.192. The average Bonchev–Trinajstić information content (AvgIpc) is 3.47. The summed E-state index contributed by atoms with van der Waals surface area (Å²) in [6, 6.07) is 12.1. The number of nitrogens with one attached hydrogen (secondary N) is 1. The number of carbonyl (C=O) groups is 2. The molecule has 0 unspecified atom stereocenters. The molecule has 212 valence electrons. The van der Waals surface area contributed by atoms with E-state index in [1.807, 2.05) is 54.4 Å². The Morgan fingerprint density at radius 1 is 0.805 bits per heavy atom. The lowest BCUT2D eigenvalue weighted by Gasteiger charge is -2.21. The van der Waals surface area contributed by atoms with Crippen molar-refractivity contribution < 1.29 is 9.59 Å². The first-order valence-corrected chi connectivity index (χ1v) is 14.5. The first-order valence-electron chi connectivity index (χ1n) is 14.5. The number of aromatic nitrogens is 4. The van der Waals surface area contributed by atoms with Crippen LogP contribution in [0, 0.1) is 13.8 Å². The summed E-state index contributed by atoms with van der Waals surface area (Å²) in [4.78, 5) is 38.4. The SMILES string of the molecule is Cc1c(CC(=O)c2nc3c(n2C)CCN(C)C3)cccc1-c1cccc(NC(=O)c2nc3c(n2C)CCCC3)c1C. The van der Waals surface area contributed by atoms with E-state index in [0.717, 1.165) is 95.8 Å². The summed E-state index contributed by atoms with van der Waals surface area (Å²) in [5.74, 6) is 0.829. The molecule has 8 nitrogen and oxygen atoms in total. The van der Waals surface area contributed by atoms with Gasteiger partial charge in [0.1, 0.15) is 0 Å². The quantitative estimate of drug-likeness (QED) is 0.342. The van der Waals surface area contributed by atoms with Crippen molar-refractivity contribution in [3.05, 3.63) is 87.5 Å². The van der Waals surface area contributed by atoms with E-state index < -0.39 is 0 Å². The van der Waals surface area contributed by atoms with Gasteiger partial charge in [-0.1, -0.05) is 30.3 Å². The second-order valence-electron chi connectivity index (χ2n) is 11.6. The van der Waals surface area contributed by atoms with Crippen LogP contribution in [0.3, 0.4) is 0 Å². The molecule has 2 aromatic carbocycles. The topological polar surface area (TPSA) is 85.1 Å². The number of carbonyl (C=O) groups excluding carboxylic acids is 2. The number of imidazole rings is 2. The molecule has 6 rings (SSSR count). The Hall–Kier alpha value is -4.04. The molecule has 41 heavy (non-hydrogen) atoms. The van der Waals surface area contributed by atoms with Crippen molar-refractivity contribution in [3.8, 4) is 11.1 Å². The molecule has 1 N–H and O–H groups in total. The number of benzene rings is 2. The summed E-state index contributed by atoms with van der Waals surface area (Å²) in [7, 11) is 5.97. The van der Waals surface area contributed by atoms with Crippen molar-refractivity contribution in [2.45, 2.75) is 58.9 Å². The summed E-state index contributed by atoms with van der Waals surface area (Å²) in [6.45, 7) is 5.85. The van der Waals surface area contributed by atoms with Gasteiger partial charge < -0.3 is 19.4 Å². The predicted octanol–water partition coefficient (Wildman–Crippen LogP) is 4.98. The van der Waals surface area contributed by atoms with Crippen LogP contribution in [0.2, 0.25) is 0 Å². The number of Topliss-reactive ketones (excluding diaryl/α,β-unsaturated/α-hetero) is 1. The van der Waals surface area contributed by atoms with Crippen LogP contribution in [0.4, 0.5) is 5.69 Å². The van der Waals surface area contributed by atoms with Crippen molar-refractivity contribution in [2.24, 2.45) is 14.1 Å². The van der Waals surface area contributed by atoms with E-state index in [1.165, 1.54) is 5.69 Å². The van der Waals surface area contributed by atoms with Crippen LogP contribution in [0.1, 0.15) is 73.5 Å². The van der Waals surface area contributed by atoms with E-state index in [0.29, 0.717) is 18.1 Å². The average molecular weight is 551 g/mol. The molecule has 0 bridgehead atoms. The molecule has 8 heteroatoms. The highest BCUT2D eigenvalue weighted by Gasteiger charge is 2.25. The fraction of sp³-hybridized carbons (Fsp3) is 0.394. The Bertz CT molecular complexity index is 1680. The lowest BCUT2D eigenvalue weighted by atomic mass is 9.91. The van der Waals surface area contributed by atoms with E-state index in [1.54, 1.807) is 0 Å². The second kappa shape index (κ2) is 10.7. The van der Waals surface area contributed by atoms with Gasteiger partial charge in [0, 0.05) is 57.1 Å². The molecule has 4 aromatic rings. The van der Waals surface area contributed by atoms with Crippen LogP contribution in [0.25, 0.3) is 11.1 Å². The number of amides is 1. The predicted molar refractivity (Wildman–Crippen MR) is 160 cm³/mol. The molecule has 2 aromatic heterocycles. The number of hydrogen-bond acceptors (Lipinski definition) is 5. The fourth-order valence-electron chi connectivity index (χ4n) is 6.46. The minimum Gasteiger partial charge on any atom is -0.328 e. The highest BCUT2D eigenvalue weighted by Crippen LogP contribution is 2.33. The van der Waals surface area contributed by atoms with Crippen molar-refractivity contribution >= 4 is 17.4 Å². The van der Waals surface area contributed by atoms with Gasteiger partial charge in [0.25, 0.3) is 5.91 Å². The number of ketones is 1. The third-order valence-corrected chi connectivity index (χ3v) is 8.94. The van der Waals surface area contributed by atoms with Gasteiger partial charge >= 0.3 is 0 Å². The third-order valence-electron chi connectivity index (χ3n) is 8.94. The molecule has 2 aliphatic rings. The monoisotopic (exact) mass is 550 g/mol. The van der Waals surface area contributed by atoms with Crippen LogP contribution in [-0.2, 0) is 46.3 Å². The molecule has 0 saturated carbocycles. The summed E-state index contributed by atoms with van der Waals surface area (Å²) < 4.78 is 3.93. The smallest absolute Gasteiger partial charge is 0.291 e. The van der Waals surface area contributed by atoms with Crippen molar-refractivity contribution in [1.29, 1.82) is 0 Å². The summed E-state index contributed by atoms with van der Waals surface area (Å²) >= 11 is 0. The van der Waals surface area contributed by atoms with Crippen molar-refractivity contribution in [1.82, 2.24) is 24.0 Å². The Morgan fingerprint density at radius 2 is 1.46 bits per heavy atom.